The van der Waals surface area contributed by atoms with Gasteiger partial charge in [-0.15, -0.1) is 0 Å². The molecule has 0 radical (unpaired) electrons. The Kier molecular flexibility index (Phi) is 3.92. The summed E-state index contributed by atoms with van der Waals surface area (Å²) in [6, 6.07) is 3.30. The molecule has 0 saturated carbocycles. The van der Waals surface area contributed by atoms with Gasteiger partial charge in [0.15, 0.2) is 0 Å². The predicted octanol–water partition coefficient (Wildman–Crippen LogP) is 2.49. The van der Waals surface area contributed by atoms with Gasteiger partial charge in [0.05, 0.1) is 5.02 Å². The van der Waals surface area contributed by atoms with Crippen LogP contribution in [-0.2, 0) is 11.3 Å². The summed E-state index contributed by atoms with van der Waals surface area (Å²) in [4.78, 5) is 10.8. The lowest BCUT2D eigenvalue weighted by Crippen LogP contribution is -2.06. The minimum Gasteiger partial charge on any atom is -0.426 e. The molecule has 5 heteroatoms. The van der Waals surface area contributed by atoms with Gasteiger partial charge in [-0.25, -0.2) is 0 Å². The van der Waals surface area contributed by atoms with E-state index in [1.807, 2.05) is 0 Å². The highest BCUT2D eigenvalue weighted by Gasteiger charge is 2.08. The number of benzene rings is 1. The highest BCUT2D eigenvalue weighted by Crippen LogP contribution is 2.30. The van der Waals surface area contributed by atoms with Crippen molar-refractivity contribution >= 4 is 33.5 Å². The second-order valence-electron chi connectivity index (χ2n) is 2.67. The maximum Gasteiger partial charge on any atom is 0.308 e. The molecule has 14 heavy (non-hydrogen) atoms. The predicted molar refractivity (Wildman–Crippen MR) is 58.4 cm³/mol. The fraction of sp³-hybridized carbons (Fsp3) is 0.222. The number of esters is 1. The van der Waals surface area contributed by atoms with Gasteiger partial charge in [-0.3, -0.25) is 4.79 Å². The van der Waals surface area contributed by atoms with Gasteiger partial charge < -0.3 is 10.5 Å². The minimum atomic E-state index is -0.391. The molecule has 0 saturated heterocycles. The normalized spacial score (nSPS) is 10.0. The van der Waals surface area contributed by atoms with Crippen LogP contribution in [0, 0.1) is 0 Å². The number of halogens is 2. The topological polar surface area (TPSA) is 52.3 Å². The van der Waals surface area contributed by atoms with E-state index in [9.17, 15) is 4.79 Å². The van der Waals surface area contributed by atoms with Crippen LogP contribution in [-0.4, -0.2) is 5.97 Å². The number of rotatable bonds is 2. The van der Waals surface area contributed by atoms with Crippen molar-refractivity contribution in [3.63, 3.8) is 0 Å². The third-order valence-electron chi connectivity index (χ3n) is 1.58. The van der Waals surface area contributed by atoms with Gasteiger partial charge in [0.1, 0.15) is 5.75 Å². The van der Waals surface area contributed by atoms with Crippen LogP contribution in [0.5, 0.6) is 5.75 Å². The number of carbonyl (C=O) groups excluding carboxylic acids is 1. The summed E-state index contributed by atoms with van der Waals surface area (Å²) in [6.07, 6.45) is 0. The summed E-state index contributed by atoms with van der Waals surface area (Å²) >= 11 is 9.11. The van der Waals surface area contributed by atoms with E-state index in [1.165, 1.54) is 6.92 Å². The number of ether oxygens (including phenoxy) is 1. The van der Waals surface area contributed by atoms with Crippen LogP contribution >= 0.6 is 27.5 Å². The van der Waals surface area contributed by atoms with Crippen LogP contribution in [0.4, 0.5) is 0 Å². The van der Waals surface area contributed by atoms with E-state index in [0.29, 0.717) is 17.3 Å². The molecule has 0 bridgehead atoms. The van der Waals surface area contributed by atoms with Crippen molar-refractivity contribution < 1.29 is 9.53 Å². The zero-order valence-electron chi connectivity index (χ0n) is 7.51. The van der Waals surface area contributed by atoms with Gasteiger partial charge >= 0.3 is 5.97 Å². The first-order valence-electron chi connectivity index (χ1n) is 3.91. The molecule has 1 aromatic rings. The highest BCUT2D eigenvalue weighted by atomic mass is 79.9. The number of nitrogens with two attached hydrogens (primary N) is 1. The molecule has 0 heterocycles. The summed E-state index contributed by atoms with van der Waals surface area (Å²) in [7, 11) is 0. The molecule has 0 spiro atoms. The average molecular weight is 279 g/mol. The molecule has 0 amide bonds. The third-order valence-corrected chi connectivity index (χ3v) is 2.77. The van der Waals surface area contributed by atoms with Gasteiger partial charge in [0.25, 0.3) is 0 Å². The smallest absolute Gasteiger partial charge is 0.308 e. The van der Waals surface area contributed by atoms with Crippen molar-refractivity contribution in [3.8, 4) is 5.75 Å². The molecule has 1 aromatic carbocycles. The quantitative estimate of drug-likeness (QED) is 0.668. The number of carbonyl (C=O) groups is 1. The van der Waals surface area contributed by atoms with Gasteiger partial charge in [-0.1, -0.05) is 11.6 Å². The molecule has 0 fully saturated rings. The molecule has 0 unspecified atom stereocenters. The Morgan fingerprint density at radius 1 is 1.64 bits per heavy atom. The Morgan fingerprint density at radius 3 is 2.79 bits per heavy atom. The Morgan fingerprint density at radius 2 is 2.29 bits per heavy atom. The summed E-state index contributed by atoms with van der Waals surface area (Å²) in [5, 5.41) is 0.485. The van der Waals surface area contributed by atoms with Crippen molar-refractivity contribution in [1.29, 1.82) is 0 Å². The van der Waals surface area contributed by atoms with Gasteiger partial charge in [-0.2, -0.15) is 0 Å². The summed E-state index contributed by atoms with van der Waals surface area (Å²) < 4.78 is 5.68. The lowest BCUT2D eigenvalue weighted by molar-refractivity contribution is -0.131. The van der Waals surface area contributed by atoms with E-state index < -0.39 is 5.97 Å². The first-order valence-corrected chi connectivity index (χ1v) is 5.08. The fourth-order valence-corrected chi connectivity index (χ4v) is 1.52. The number of hydrogen-bond acceptors (Lipinski definition) is 3. The molecule has 0 atom stereocenters. The van der Waals surface area contributed by atoms with E-state index in [0.717, 1.165) is 10.0 Å². The molecule has 0 aliphatic heterocycles. The van der Waals surface area contributed by atoms with Crippen LogP contribution in [0.15, 0.2) is 16.6 Å². The minimum absolute atomic E-state index is 0.290. The molecule has 76 valence electrons. The molecule has 1 rings (SSSR count). The second kappa shape index (κ2) is 4.77. The molecular formula is C9H9BrClNO2. The van der Waals surface area contributed by atoms with Gasteiger partial charge in [-0.05, 0) is 22.0 Å². The Balaban J connectivity index is 3.13. The van der Waals surface area contributed by atoms with E-state index in [4.69, 9.17) is 22.1 Å². The summed E-state index contributed by atoms with van der Waals surface area (Å²) in [5.74, 6) is 0.0197. The summed E-state index contributed by atoms with van der Waals surface area (Å²) in [6.45, 7) is 1.62. The summed E-state index contributed by atoms with van der Waals surface area (Å²) in [5.41, 5.74) is 6.22. The van der Waals surface area contributed by atoms with Crippen LogP contribution in [0.2, 0.25) is 5.02 Å². The lowest BCUT2D eigenvalue weighted by atomic mass is 10.2. The van der Waals surface area contributed by atoms with Gasteiger partial charge in [0, 0.05) is 29.6 Å². The van der Waals surface area contributed by atoms with Crippen molar-refractivity contribution in [2.75, 3.05) is 0 Å². The van der Waals surface area contributed by atoms with E-state index in [-0.39, 0.29) is 0 Å². The van der Waals surface area contributed by atoms with Crippen molar-refractivity contribution in [2.24, 2.45) is 5.73 Å². The highest BCUT2D eigenvalue weighted by molar-refractivity contribution is 9.10. The zero-order chi connectivity index (χ0) is 10.7. The maximum atomic E-state index is 10.8. The van der Waals surface area contributed by atoms with Crippen LogP contribution < -0.4 is 10.5 Å². The molecule has 2 N–H and O–H groups in total. The van der Waals surface area contributed by atoms with Gasteiger partial charge in [0.2, 0.25) is 0 Å². The number of hydrogen-bond donors (Lipinski definition) is 1. The van der Waals surface area contributed by atoms with Crippen molar-refractivity contribution in [3.05, 3.63) is 27.2 Å². The van der Waals surface area contributed by atoms with Crippen molar-refractivity contribution in [2.45, 2.75) is 13.5 Å². The largest absolute Gasteiger partial charge is 0.426 e. The third kappa shape index (κ3) is 2.70. The first-order chi connectivity index (χ1) is 6.54. The molecular weight excluding hydrogens is 269 g/mol. The SMILES string of the molecule is CC(=O)Oc1cc(Cl)c(Br)cc1CN. The van der Waals surface area contributed by atoms with E-state index in [1.54, 1.807) is 12.1 Å². The molecule has 0 aromatic heterocycles. The Bertz CT molecular complexity index is 368. The van der Waals surface area contributed by atoms with E-state index in [2.05, 4.69) is 15.9 Å². The lowest BCUT2D eigenvalue weighted by Gasteiger charge is -2.08. The molecule has 3 nitrogen and oxygen atoms in total. The zero-order valence-corrected chi connectivity index (χ0v) is 9.85. The standard InChI is InChI=1S/C9H9BrClNO2/c1-5(13)14-9-3-8(11)7(10)2-6(9)4-12/h2-3H,4,12H2,1H3. The Labute approximate surface area is 95.3 Å². The van der Waals surface area contributed by atoms with Crippen LogP contribution in [0.25, 0.3) is 0 Å². The average Bonchev–Trinajstić information content (AvgIpc) is 2.10. The maximum absolute atomic E-state index is 10.8. The fourth-order valence-electron chi connectivity index (χ4n) is 0.979. The Hall–Kier alpha value is -0.580. The van der Waals surface area contributed by atoms with Crippen LogP contribution in [0.1, 0.15) is 12.5 Å². The second-order valence-corrected chi connectivity index (χ2v) is 3.93. The van der Waals surface area contributed by atoms with Crippen molar-refractivity contribution in [1.82, 2.24) is 0 Å². The molecule has 0 aliphatic rings. The van der Waals surface area contributed by atoms with Crippen LogP contribution in [0.3, 0.4) is 0 Å². The molecule has 0 aliphatic carbocycles. The first kappa shape index (κ1) is 11.5. The van der Waals surface area contributed by atoms with E-state index >= 15 is 0 Å². The monoisotopic (exact) mass is 277 g/mol.